The van der Waals surface area contributed by atoms with Gasteiger partial charge in [-0.2, -0.15) is 5.26 Å². The molecule has 0 N–H and O–H groups in total. The van der Waals surface area contributed by atoms with Crippen molar-refractivity contribution in [2.75, 3.05) is 24.6 Å². The van der Waals surface area contributed by atoms with Crippen LogP contribution in [0.5, 0.6) is 0 Å². The molecule has 1 unspecified atom stereocenters. The Balaban J connectivity index is 3.21. The van der Waals surface area contributed by atoms with E-state index < -0.39 is 5.97 Å². The van der Waals surface area contributed by atoms with Crippen molar-refractivity contribution in [3.05, 3.63) is 34.4 Å². The number of aryl methyl sites for hydroxylation is 2. The quantitative estimate of drug-likeness (QED) is 0.118. The molecule has 1 aromatic carbocycles. The van der Waals surface area contributed by atoms with Crippen LogP contribution in [0.4, 0.5) is 5.69 Å². The van der Waals surface area contributed by atoms with Crippen molar-refractivity contribution in [2.45, 2.75) is 93.4 Å². The summed E-state index contributed by atoms with van der Waals surface area (Å²) in [5.41, 5.74) is 4.48. The zero-order chi connectivity index (χ0) is 24.8. The van der Waals surface area contributed by atoms with Crippen molar-refractivity contribution in [1.82, 2.24) is 0 Å². The Labute approximate surface area is 203 Å². The number of ether oxygens (including phenoxy) is 1. The Kier molecular flexibility index (Phi) is 13.5. The van der Waals surface area contributed by atoms with E-state index >= 15 is 0 Å². The summed E-state index contributed by atoms with van der Waals surface area (Å²) in [5, 5.41) is 9.51. The number of esters is 1. The van der Waals surface area contributed by atoms with Crippen LogP contribution in [0.1, 0.15) is 96.3 Å². The lowest BCUT2D eigenvalue weighted by Crippen LogP contribution is -2.32. The summed E-state index contributed by atoms with van der Waals surface area (Å²) in [5.74, 6) is 0.815. The number of nitriles is 1. The second-order valence-electron chi connectivity index (χ2n) is 9.70. The highest BCUT2D eigenvalue weighted by Crippen LogP contribution is 2.29. The lowest BCUT2D eigenvalue weighted by Gasteiger charge is -2.32. The summed E-state index contributed by atoms with van der Waals surface area (Å²) in [7, 11) is 0. The van der Waals surface area contributed by atoms with E-state index in [0.29, 0.717) is 18.4 Å². The van der Waals surface area contributed by atoms with E-state index in [2.05, 4.69) is 58.6 Å². The van der Waals surface area contributed by atoms with Gasteiger partial charge in [-0.25, -0.2) is 4.79 Å². The zero-order valence-corrected chi connectivity index (χ0v) is 22.2. The minimum Gasteiger partial charge on any atom is -0.462 e. The normalized spacial score (nSPS) is 12.5. The summed E-state index contributed by atoms with van der Waals surface area (Å²) in [6.07, 6.45) is 9.58. The number of hydrogen-bond acceptors (Lipinski definition) is 4. The van der Waals surface area contributed by atoms with Gasteiger partial charge in [0.2, 0.25) is 0 Å². The van der Waals surface area contributed by atoms with Gasteiger partial charge in [-0.3, -0.25) is 0 Å². The molecule has 184 valence electrons. The molecule has 1 atom stereocenters. The maximum absolute atomic E-state index is 12.3. The van der Waals surface area contributed by atoms with E-state index in [-0.39, 0.29) is 5.57 Å². The van der Waals surface area contributed by atoms with Gasteiger partial charge in [0, 0.05) is 18.8 Å². The molecule has 0 aromatic heterocycles. The predicted octanol–water partition coefficient (Wildman–Crippen LogP) is 7.62. The number of benzene rings is 1. The van der Waals surface area contributed by atoms with Crippen LogP contribution in [0.3, 0.4) is 0 Å². The fraction of sp³-hybridized carbons (Fsp3) is 0.655. The summed E-state index contributed by atoms with van der Waals surface area (Å²) >= 11 is 0. The molecule has 0 bridgehead atoms. The molecule has 0 aliphatic heterocycles. The van der Waals surface area contributed by atoms with Gasteiger partial charge in [0.1, 0.15) is 11.6 Å². The van der Waals surface area contributed by atoms with Crippen LogP contribution in [-0.4, -0.2) is 25.7 Å². The third kappa shape index (κ3) is 10.0. The smallest absolute Gasteiger partial charge is 0.348 e. The topological polar surface area (TPSA) is 53.3 Å². The Bertz CT molecular complexity index is 805. The van der Waals surface area contributed by atoms with E-state index in [1.165, 1.54) is 36.9 Å². The van der Waals surface area contributed by atoms with Crippen molar-refractivity contribution >= 4 is 17.7 Å². The van der Waals surface area contributed by atoms with Crippen LogP contribution < -0.4 is 4.90 Å². The van der Waals surface area contributed by atoms with Crippen LogP contribution in [0.2, 0.25) is 0 Å². The fourth-order valence-corrected chi connectivity index (χ4v) is 3.95. The molecule has 0 aliphatic rings. The molecule has 0 fully saturated rings. The number of nitrogens with zero attached hydrogens (tertiary/aromatic N) is 2. The molecule has 0 spiro atoms. The molecule has 4 nitrogen and oxygen atoms in total. The van der Waals surface area contributed by atoms with Gasteiger partial charge >= 0.3 is 5.97 Å². The van der Waals surface area contributed by atoms with Gasteiger partial charge < -0.3 is 9.64 Å². The van der Waals surface area contributed by atoms with E-state index in [9.17, 15) is 10.1 Å². The van der Waals surface area contributed by atoms with Gasteiger partial charge in [0.15, 0.2) is 0 Å². The molecule has 0 heterocycles. The number of rotatable bonds is 15. The minimum atomic E-state index is -0.535. The molecule has 33 heavy (non-hydrogen) atoms. The minimum absolute atomic E-state index is 0.0589. The van der Waals surface area contributed by atoms with Gasteiger partial charge in [-0.05, 0) is 79.8 Å². The zero-order valence-electron chi connectivity index (χ0n) is 22.2. The molecule has 0 amide bonds. The molecular formula is C29H46N2O2. The van der Waals surface area contributed by atoms with E-state index in [1.807, 2.05) is 13.0 Å². The maximum atomic E-state index is 12.3. The van der Waals surface area contributed by atoms with Crippen LogP contribution in [-0.2, 0) is 9.53 Å². The van der Waals surface area contributed by atoms with Gasteiger partial charge in [-0.15, -0.1) is 0 Å². The fourth-order valence-electron chi connectivity index (χ4n) is 3.95. The van der Waals surface area contributed by atoms with Crippen molar-refractivity contribution < 1.29 is 9.53 Å². The first-order chi connectivity index (χ1) is 15.8. The molecule has 1 rings (SSSR count). The van der Waals surface area contributed by atoms with Gasteiger partial charge in [-0.1, -0.05) is 60.3 Å². The van der Waals surface area contributed by atoms with Crippen LogP contribution in [0.15, 0.2) is 17.7 Å². The SMILES string of the molecule is CCCCOC(=O)/C(C#N)=C\c1cc(C)c(N(CCC(C)C)CC(CC)CCCC)cc1C. The lowest BCUT2D eigenvalue weighted by molar-refractivity contribution is -0.138. The predicted molar refractivity (Wildman–Crippen MR) is 140 cm³/mol. The first-order valence-corrected chi connectivity index (χ1v) is 12.9. The van der Waals surface area contributed by atoms with Crippen molar-refractivity contribution in [3.63, 3.8) is 0 Å². The number of carbonyl (C=O) groups excluding carboxylic acids is 1. The summed E-state index contributed by atoms with van der Waals surface area (Å²) in [6, 6.07) is 6.36. The lowest BCUT2D eigenvalue weighted by atomic mass is 9.96. The van der Waals surface area contributed by atoms with Crippen molar-refractivity contribution in [3.8, 4) is 6.07 Å². The van der Waals surface area contributed by atoms with Gasteiger partial charge in [0.05, 0.1) is 6.61 Å². The van der Waals surface area contributed by atoms with Crippen molar-refractivity contribution in [2.24, 2.45) is 11.8 Å². The monoisotopic (exact) mass is 454 g/mol. The average molecular weight is 455 g/mol. The van der Waals surface area contributed by atoms with Gasteiger partial charge in [0.25, 0.3) is 0 Å². The number of anilines is 1. The molecule has 0 saturated heterocycles. The highest BCUT2D eigenvalue weighted by molar-refractivity contribution is 5.98. The Morgan fingerprint density at radius 3 is 2.36 bits per heavy atom. The summed E-state index contributed by atoms with van der Waals surface area (Å²) in [6.45, 7) is 17.8. The molecule has 0 aliphatic carbocycles. The molecule has 1 aromatic rings. The highest BCUT2D eigenvalue weighted by atomic mass is 16.5. The number of carbonyl (C=O) groups is 1. The maximum Gasteiger partial charge on any atom is 0.348 e. The second kappa shape index (κ2) is 15.5. The standard InChI is InChI=1S/C29H46N2O2/c1-8-11-13-25(10-3)21-31(15-14-22(4)5)28-18-23(6)26(17-24(28)7)19-27(20-30)29(32)33-16-12-9-2/h17-19,22,25H,8-16,21H2,1-7H3/b27-19-. The Hall–Kier alpha value is -2.28. The van der Waals surface area contributed by atoms with Crippen LogP contribution >= 0.6 is 0 Å². The first kappa shape index (κ1) is 28.8. The molecule has 0 radical (unpaired) electrons. The van der Waals surface area contributed by atoms with Crippen LogP contribution in [0, 0.1) is 37.0 Å². The average Bonchev–Trinajstić information content (AvgIpc) is 2.79. The van der Waals surface area contributed by atoms with Crippen LogP contribution in [0.25, 0.3) is 6.08 Å². The Morgan fingerprint density at radius 1 is 1.09 bits per heavy atom. The summed E-state index contributed by atoms with van der Waals surface area (Å²) < 4.78 is 5.24. The first-order valence-electron chi connectivity index (χ1n) is 12.9. The molecule has 0 saturated carbocycles. The molecule has 4 heteroatoms. The van der Waals surface area contributed by atoms with E-state index in [4.69, 9.17) is 4.74 Å². The van der Waals surface area contributed by atoms with E-state index in [0.717, 1.165) is 43.5 Å². The summed E-state index contributed by atoms with van der Waals surface area (Å²) in [4.78, 5) is 14.9. The Morgan fingerprint density at radius 2 is 1.79 bits per heavy atom. The van der Waals surface area contributed by atoms with Crippen molar-refractivity contribution in [1.29, 1.82) is 5.26 Å². The third-order valence-corrected chi connectivity index (χ3v) is 6.29. The highest BCUT2D eigenvalue weighted by Gasteiger charge is 2.18. The number of hydrogen-bond donors (Lipinski definition) is 0. The molecular weight excluding hydrogens is 408 g/mol. The largest absolute Gasteiger partial charge is 0.462 e. The van der Waals surface area contributed by atoms with E-state index in [1.54, 1.807) is 6.08 Å². The second-order valence-corrected chi connectivity index (χ2v) is 9.70. The number of unbranched alkanes of at least 4 members (excludes halogenated alkanes) is 2. The third-order valence-electron chi connectivity index (χ3n) is 6.29.